The lowest BCUT2D eigenvalue weighted by molar-refractivity contribution is 0.0942. The molecular weight excluding hydrogens is 302 g/mol. The topological polar surface area (TPSA) is 70.1 Å². The Morgan fingerprint density at radius 2 is 1.62 bits per heavy atom. The normalized spacial score (nSPS) is 10.6. The van der Waals surface area contributed by atoms with Crippen molar-refractivity contribution in [3.05, 3.63) is 71.0 Å². The van der Waals surface area contributed by atoms with Gasteiger partial charge in [0.1, 0.15) is 11.4 Å². The molecule has 0 saturated carbocycles. The van der Waals surface area contributed by atoms with E-state index in [0.29, 0.717) is 34.1 Å². The molecule has 5 heteroatoms. The highest BCUT2D eigenvalue weighted by Gasteiger charge is 2.19. The zero-order valence-electron chi connectivity index (χ0n) is 13.9. The molecule has 0 fully saturated rings. The summed E-state index contributed by atoms with van der Waals surface area (Å²) in [4.78, 5) is 12.6. The van der Waals surface area contributed by atoms with Gasteiger partial charge < -0.3 is 10.5 Å². The third-order valence-electron chi connectivity index (χ3n) is 3.82. The minimum Gasteiger partial charge on any atom is -0.453 e. The van der Waals surface area contributed by atoms with Crippen molar-refractivity contribution in [1.29, 1.82) is 0 Å². The van der Waals surface area contributed by atoms with E-state index < -0.39 is 0 Å². The number of hydrogen-bond donors (Lipinski definition) is 1. The minimum atomic E-state index is -0.214. The maximum absolute atomic E-state index is 12.6. The summed E-state index contributed by atoms with van der Waals surface area (Å²) in [6.45, 7) is 5.66. The Hall–Kier alpha value is -3.08. The van der Waals surface area contributed by atoms with Crippen LogP contribution in [0.1, 0.15) is 27.3 Å². The maximum atomic E-state index is 12.6. The third-order valence-corrected chi connectivity index (χ3v) is 3.82. The quantitative estimate of drug-likeness (QED) is 0.743. The molecule has 2 N–H and O–H groups in total. The zero-order chi connectivity index (χ0) is 17.3. The second-order valence-electron chi connectivity index (χ2n) is 5.75. The van der Waals surface area contributed by atoms with Crippen LogP contribution < -0.4 is 10.5 Å². The van der Waals surface area contributed by atoms with Gasteiger partial charge in [0.05, 0.1) is 5.69 Å². The van der Waals surface area contributed by atoms with Crippen molar-refractivity contribution >= 4 is 11.6 Å². The molecule has 0 aliphatic carbocycles. The van der Waals surface area contributed by atoms with E-state index in [1.807, 2.05) is 45.0 Å². The number of anilines is 1. The molecule has 0 radical (unpaired) electrons. The van der Waals surface area contributed by atoms with Crippen molar-refractivity contribution in [3.8, 4) is 11.5 Å². The van der Waals surface area contributed by atoms with Gasteiger partial charge in [0.25, 0.3) is 5.91 Å². The Balaban J connectivity index is 1.92. The van der Waals surface area contributed by atoms with Gasteiger partial charge in [0.2, 0.25) is 0 Å². The maximum Gasteiger partial charge on any atom is 0.278 e. The number of nitrogens with zero attached hydrogens (tertiary/aromatic N) is 2. The van der Waals surface area contributed by atoms with Crippen molar-refractivity contribution in [3.63, 3.8) is 0 Å². The summed E-state index contributed by atoms with van der Waals surface area (Å²) in [5.74, 6) is 1.10. The van der Waals surface area contributed by atoms with Crippen LogP contribution >= 0.6 is 0 Å². The van der Waals surface area contributed by atoms with Crippen molar-refractivity contribution in [2.75, 3.05) is 5.73 Å². The minimum absolute atomic E-state index is 0.214. The molecule has 0 spiro atoms. The fraction of sp³-hybridized carbons (Fsp3) is 0.158. The molecule has 5 nitrogen and oxygen atoms in total. The van der Waals surface area contributed by atoms with Gasteiger partial charge in [0.15, 0.2) is 5.75 Å². The highest BCUT2D eigenvalue weighted by Crippen LogP contribution is 2.29. The van der Waals surface area contributed by atoms with Gasteiger partial charge in [-0.25, -0.2) is 0 Å². The average molecular weight is 321 g/mol. The van der Waals surface area contributed by atoms with Crippen molar-refractivity contribution in [1.82, 2.24) is 9.78 Å². The second kappa shape index (κ2) is 6.20. The van der Waals surface area contributed by atoms with Gasteiger partial charge in [-0.1, -0.05) is 17.7 Å². The molecule has 24 heavy (non-hydrogen) atoms. The summed E-state index contributed by atoms with van der Waals surface area (Å²) < 4.78 is 7.29. The molecule has 122 valence electrons. The van der Waals surface area contributed by atoms with Crippen LogP contribution in [0, 0.1) is 20.8 Å². The molecule has 0 amide bonds. The van der Waals surface area contributed by atoms with E-state index in [9.17, 15) is 4.79 Å². The van der Waals surface area contributed by atoms with E-state index in [-0.39, 0.29) is 5.91 Å². The standard InChI is InChI=1S/C19H19N3O2/c1-12-4-10-17(11-5-12)24-18-13(2)21-22(14(18)3)19(23)15-6-8-16(20)9-7-15/h4-11H,20H2,1-3H3. The molecule has 0 saturated heterocycles. The molecule has 0 unspecified atom stereocenters. The molecule has 3 rings (SSSR count). The molecule has 0 atom stereocenters. The van der Waals surface area contributed by atoms with Crippen LogP contribution in [0.5, 0.6) is 11.5 Å². The Labute approximate surface area is 140 Å². The lowest BCUT2D eigenvalue weighted by atomic mass is 10.2. The van der Waals surface area contributed by atoms with Crippen LogP contribution in [0.4, 0.5) is 5.69 Å². The van der Waals surface area contributed by atoms with Gasteiger partial charge in [-0.3, -0.25) is 4.79 Å². The first-order valence-electron chi connectivity index (χ1n) is 7.66. The number of nitrogen functional groups attached to an aromatic ring is 1. The Morgan fingerprint density at radius 1 is 1.00 bits per heavy atom. The fourth-order valence-electron chi connectivity index (χ4n) is 2.45. The van der Waals surface area contributed by atoms with Gasteiger partial charge in [-0.05, 0) is 57.2 Å². The first-order chi connectivity index (χ1) is 11.5. The van der Waals surface area contributed by atoms with Crippen LogP contribution in [0.15, 0.2) is 48.5 Å². The highest BCUT2D eigenvalue weighted by molar-refractivity contribution is 5.96. The lowest BCUT2D eigenvalue weighted by Crippen LogP contribution is -2.15. The average Bonchev–Trinajstić information content (AvgIpc) is 2.85. The van der Waals surface area contributed by atoms with Crippen molar-refractivity contribution in [2.24, 2.45) is 0 Å². The molecule has 2 aromatic carbocycles. The summed E-state index contributed by atoms with van der Waals surface area (Å²) in [5.41, 5.74) is 9.29. The van der Waals surface area contributed by atoms with Crippen LogP contribution in [0.25, 0.3) is 0 Å². The predicted molar refractivity (Wildman–Crippen MR) is 93.5 cm³/mol. The summed E-state index contributed by atoms with van der Waals surface area (Å²) in [6.07, 6.45) is 0. The number of aryl methyl sites for hydroxylation is 2. The fourth-order valence-corrected chi connectivity index (χ4v) is 2.45. The Kier molecular flexibility index (Phi) is 4.08. The lowest BCUT2D eigenvalue weighted by Gasteiger charge is -2.07. The van der Waals surface area contributed by atoms with Gasteiger partial charge >= 0.3 is 0 Å². The number of benzene rings is 2. The van der Waals surface area contributed by atoms with Crippen molar-refractivity contribution < 1.29 is 9.53 Å². The Morgan fingerprint density at radius 3 is 2.25 bits per heavy atom. The zero-order valence-corrected chi connectivity index (χ0v) is 13.9. The van der Waals surface area contributed by atoms with E-state index >= 15 is 0 Å². The molecule has 1 aromatic heterocycles. The number of rotatable bonds is 3. The summed E-state index contributed by atoms with van der Waals surface area (Å²) in [7, 11) is 0. The number of carbonyl (C=O) groups is 1. The van der Waals surface area contributed by atoms with Crippen LogP contribution in [0.2, 0.25) is 0 Å². The first kappa shape index (κ1) is 15.8. The van der Waals surface area contributed by atoms with Gasteiger partial charge in [-0.2, -0.15) is 9.78 Å². The number of carbonyl (C=O) groups excluding carboxylic acids is 1. The molecule has 0 aliphatic rings. The van der Waals surface area contributed by atoms with E-state index in [4.69, 9.17) is 10.5 Å². The molecule has 1 heterocycles. The smallest absolute Gasteiger partial charge is 0.278 e. The van der Waals surface area contributed by atoms with Crippen molar-refractivity contribution in [2.45, 2.75) is 20.8 Å². The summed E-state index contributed by atoms with van der Waals surface area (Å²) >= 11 is 0. The van der Waals surface area contributed by atoms with Gasteiger partial charge in [0, 0.05) is 11.3 Å². The molecule has 0 bridgehead atoms. The largest absolute Gasteiger partial charge is 0.453 e. The monoisotopic (exact) mass is 321 g/mol. The third kappa shape index (κ3) is 3.01. The predicted octanol–water partition coefficient (Wildman–Crippen LogP) is 3.87. The molecule has 3 aromatic rings. The van der Waals surface area contributed by atoms with E-state index in [1.54, 1.807) is 24.3 Å². The first-order valence-corrected chi connectivity index (χ1v) is 7.66. The van der Waals surface area contributed by atoms with Gasteiger partial charge in [-0.15, -0.1) is 0 Å². The number of aromatic nitrogens is 2. The van der Waals surface area contributed by atoms with E-state index in [0.717, 1.165) is 5.56 Å². The molecular formula is C19H19N3O2. The SMILES string of the molecule is Cc1ccc(Oc2c(C)nn(C(=O)c3ccc(N)cc3)c2C)cc1. The van der Waals surface area contributed by atoms with Crippen LogP contribution in [-0.4, -0.2) is 15.7 Å². The highest BCUT2D eigenvalue weighted by atomic mass is 16.5. The number of nitrogens with two attached hydrogens (primary N) is 1. The van der Waals surface area contributed by atoms with E-state index in [2.05, 4.69) is 5.10 Å². The second-order valence-corrected chi connectivity index (χ2v) is 5.75. The summed E-state index contributed by atoms with van der Waals surface area (Å²) in [6, 6.07) is 14.5. The molecule has 0 aliphatic heterocycles. The number of hydrogen-bond acceptors (Lipinski definition) is 4. The Bertz CT molecular complexity index is 878. The summed E-state index contributed by atoms with van der Waals surface area (Å²) in [5, 5.41) is 4.33. The van der Waals surface area contributed by atoms with E-state index in [1.165, 1.54) is 4.68 Å². The van der Waals surface area contributed by atoms with Crippen LogP contribution in [0.3, 0.4) is 0 Å². The number of ether oxygens (including phenoxy) is 1. The van der Waals surface area contributed by atoms with Crippen LogP contribution in [-0.2, 0) is 0 Å².